The van der Waals surface area contributed by atoms with Crippen LogP contribution in [0.1, 0.15) is 22.3 Å². The summed E-state index contributed by atoms with van der Waals surface area (Å²) in [5.74, 6) is -0.202. The third-order valence-corrected chi connectivity index (χ3v) is 6.53. The lowest BCUT2D eigenvalue weighted by molar-refractivity contribution is -0.142. The molecule has 2 aromatic carbocycles. The van der Waals surface area contributed by atoms with Crippen LogP contribution in [0.3, 0.4) is 0 Å². The van der Waals surface area contributed by atoms with Crippen molar-refractivity contribution in [2.75, 3.05) is 17.5 Å². The largest absolute Gasteiger partial charge is 0.493 e. The van der Waals surface area contributed by atoms with Crippen molar-refractivity contribution in [2.24, 2.45) is 0 Å². The van der Waals surface area contributed by atoms with Gasteiger partial charge >= 0.3 is 12.1 Å². The van der Waals surface area contributed by atoms with Gasteiger partial charge in [-0.3, -0.25) is 4.31 Å². The summed E-state index contributed by atoms with van der Waals surface area (Å²) in [6, 6.07) is 12.3. The number of alkyl halides is 3. The number of carboxylic acid groups (broad SMARTS) is 1. The third-order valence-electron chi connectivity index (χ3n) is 5.34. The molecule has 3 heterocycles. The Balaban J connectivity index is 1.44. The molecular weight excluding hydrogens is 457 g/mol. The van der Waals surface area contributed by atoms with Crippen LogP contribution in [-0.2, 0) is 6.54 Å². The number of carboxylic acids is 1. The molecule has 2 aliphatic heterocycles. The van der Waals surface area contributed by atoms with Gasteiger partial charge < -0.3 is 9.84 Å². The molecule has 0 radical (unpaired) electrons. The monoisotopic (exact) mass is 474 g/mol. The molecule has 0 saturated carbocycles. The van der Waals surface area contributed by atoms with E-state index < -0.39 is 18.7 Å². The molecule has 1 N–H and O–H groups in total. The highest BCUT2D eigenvalue weighted by molar-refractivity contribution is 8.04. The van der Waals surface area contributed by atoms with Gasteiger partial charge in [0, 0.05) is 16.9 Å². The molecule has 3 aromatic rings. The van der Waals surface area contributed by atoms with E-state index in [1.165, 1.54) is 18.0 Å². The number of hydrogen-bond donors (Lipinski definition) is 1. The lowest BCUT2D eigenvalue weighted by Crippen LogP contribution is -2.24. The average Bonchev–Trinajstić information content (AvgIpc) is 3.35. The van der Waals surface area contributed by atoms with Gasteiger partial charge in [0.1, 0.15) is 18.6 Å². The minimum atomic E-state index is -4.40. The van der Waals surface area contributed by atoms with E-state index in [1.54, 1.807) is 16.4 Å². The van der Waals surface area contributed by atoms with Crippen molar-refractivity contribution in [1.82, 2.24) is 14.8 Å². The quantitative estimate of drug-likeness (QED) is 0.541. The van der Waals surface area contributed by atoms with Crippen LogP contribution < -0.4 is 9.04 Å². The summed E-state index contributed by atoms with van der Waals surface area (Å²) >= 11 is 1.35. The molecule has 7 nitrogen and oxygen atoms in total. The Morgan fingerprint density at radius 1 is 1.18 bits per heavy atom. The Labute approximate surface area is 190 Å². The molecule has 170 valence electrons. The van der Waals surface area contributed by atoms with E-state index in [0.29, 0.717) is 25.3 Å². The van der Waals surface area contributed by atoms with Crippen molar-refractivity contribution in [2.45, 2.75) is 19.1 Å². The van der Waals surface area contributed by atoms with Crippen LogP contribution in [0, 0.1) is 0 Å². The first-order valence-electron chi connectivity index (χ1n) is 10.0. The number of rotatable bonds is 4. The minimum absolute atomic E-state index is 0.148. The van der Waals surface area contributed by atoms with Crippen molar-refractivity contribution in [3.63, 3.8) is 0 Å². The highest BCUT2D eigenvalue weighted by atomic mass is 32.2. The average molecular weight is 474 g/mol. The predicted molar refractivity (Wildman–Crippen MR) is 117 cm³/mol. The first kappa shape index (κ1) is 21.4. The number of aromatic nitrogens is 3. The normalized spacial score (nSPS) is 15.7. The Morgan fingerprint density at radius 3 is 2.79 bits per heavy atom. The summed E-state index contributed by atoms with van der Waals surface area (Å²) < 4.78 is 47.3. The maximum absolute atomic E-state index is 12.9. The molecule has 0 amide bonds. The van der Waals surface area contributed by atoms with Crippen molar-refractivity contribution in [1.29, 1.82) is 0 Å². The number of hydrogen-bond acceptors (Lipinski definition) is 6. The summed E-state index contributed by atoms with van der Waals surface area (Å²) in [7, 11) is 0. The van der Waals surface area contributed by atoms with Crippen LogP contribution in [0.15, 0.2) is 53.7 Å². The highest BCUT2D eigenvalue weighted by Gasteiger charge is 2.34. The van der Waals surface area contributed by atoms with E-state index in [0.717, 1.165) is 38.2 Å². The van der Waals surface area contributed by atoms with Crippen LogP contribution in [-0.4, -0.2) is 45.2 Å². The fourth-order valence-electron chi connectivity index (χ4n) is 3.88. The van der Waals surface area contributed by atoms with E-state index in [2.05, 4.69) is 10.1 Å². The number of nitrogens with zero attached hydrogens (tertiary/aromatic N) is 4. The maximum Gasteiger partial charge on any atom is 0.408 e. The Hall–Kier alpha value is -3.47. The molecule has 0 bridgehead atoms. The van der Waals surface area contributed by atoms with Gasteiger partial charge in [-0.15, -0.1) is 0 Å². The minimum Gasteiger partial charge on any atom is -0.493 e. The number of halogens is 3. The molecule has 33 heavy (non-hydrogen) atoms. The molecule has 0 unspecified atom stereocenters. The van der Waals surface area contributed by atoms with Crippen LogP contribution in [0.2, 0.25) is 0 Å². The summed E-state index contributed by atoms with van der Waals surface area (Å²) in [5.41, 5.74) is 3.59. The number of ether oxygens (including phenoxy) is 1. The first-order valence-corrected chi connectivity index (χ1v) is 10.8. The van der Waals surface area contributed by atoms with Crippen LogP contribution in [0.5, 0.6) is 5.75 Å². The molecule has 5 rings (SSSR count). The van der Waals surface area contributed by atoms with Gasteiger partial charge in [0.15, 0.2) is 0 Å². The fraction of sp³-hybridized carbons (Fsp3) is 0.227. The SMILES string of the molecule is O=C(O)c1cccc(-c2ccc3c(c2)OCCC2=C3CN(c3ncnn3CC(F)(F)F)S2)c1. The van der Waals surface area contributed by atoms with Crippen molar-refractivity contribution < 1.29 is 27.8 Å². The molecule has 1 aromatic heterocycles. The second-order valence-electron chi connectivity index (χ2n) is 7.56. The number of carbonyl (C=O) groups is 1. The lowest BCUT2D eigenvalue weighted by atomic mass is 9.98. The fourth-order valence-corrected chi connectivity index (χ4v) is 5.03. The number of anilines is 1. The molecule has 11 heteroatoms. The van der Waals surface area contributed by atoms with E-state index >= 15 is 0 Å². The number of aromatic carboxylic acids is 1. The Kier molecular flexibility index (Phi) is 5.28. The van der Waals surface area contributed by atoms with Gasteiger partial charge in [-0.05, 0) is 46.8 Å². The van der Waals surface area contributed by atoms with Gasteiger partial charge in [-0.25, -0.2) is 9.48 Å². The summed E-state index contributed by atoms with van der Waals surface area (Å²) in [5, 5.41) is 13.0. The maximum atomic E-state index is 12.9. The van der Waals surface area contributed by atoms with Gasteiger partial charge in [-0.2, -0.15) is 23.3 Å². The second kappa shape index (κ2) is 8.14. The summed E-state index contributed by atoms with van der Waals surface area (Å²) in [6.07, 6.45) is -2.66. The Morgan fingerprint density at radius 2 is 2.00 bits per heavy atom. The zero-order chi connectivity index (χ0) is 23.2. The summed E-state index contributed by atoms with van der Waals surface area (Å²) in [4.78, 5) is 16.4. The highest BCUT2D eigenvalue weighted by Crippen LogP contribution is 2.46. The van der Waals surface area contributed by atoms with Gasteiger partial charge in [0.05, 0.1) is 18.7 Å². The topological polar surface area (TPSA) is 80.5 Å². The Bertz CT molecular complexity index is 1270. The number of benzene rings is 2. The van der Waals surface area contributed by atoms with Gasteiger partial charge in [-0.1, -0.05) is 24.3 Å². The third kappa shape index (κ3) is 4.28. The van der Waals surface area contributed by atoms with E-state index in [4.69, 9.17) is 4.74 Å². The van der Waals surface area contributed by atoms with E-state index in [1.807, 2.05) is 24.3 Å². The van der Waals surface area contributed by atoms with E-state index in [-0.39, 0.29) is 11.5 Å². The molecule has 2 aliphatic rings. The van der Waals surface area contributed by atoms with Crippen LogP contribution in [0.4, 0.5) is 19.1 Å². The zero-order valence-electron chi connectivity index (χ0n) is 17.0. The molecule has 0 aliphatic carbocycles. The van der Waals surface area contributed by atoms with Crippen LogP contribution >= 0.6 is 11.9 Å². The van der Waals surface area contributed by atoms with Crippen LogP contribution in [0.25, 0.3) is 16.7 Å². The predicted octanol–water partition coefficient (Wildman–Crippen LogP) is 4.87. The van der Waals surface area contributed by atoms with E-state index in [9.17, 15) is 23.1 Å². The first-order chi connectivity index (χ1) is 15.8. The molecule has 0 atom stereocenters. The molecular formula is C22H17F3N4O3S. The van der Waals surface area contributed by atoms with Crippen molar-refractivity contribution in [3.8, 4) is 16.9 Å². The zero-order valence-corrected chi connectivity index (χ0v) is 17.9. The number of fused-ring (bicyclic) bond motifs is 2. The van der Waals surface area contributed by atoms with Gasteiger partial charge in [0.2, 0.25) is 5.95 Å². The summed E-state index contributed by atoms with van der Waals surface area (Å²) in [6.45, 7) is -0.427. The van der Waals surface area contributed by atoms with Crippen molar-refractivity contribution in [3.05, 3.63) is 64.8 Å². The van der Waals surface area contributed by atoms with Crippen molar-refractivity contribution >= 4 is 29.4 Å². The smallest absolute Gasteiger partial charge is 0.408 e. The molecule has 0 saturated heterocycles. The standard InChI is InChI=1S/C22H17F3N4O3S/c23-22(24,25)11-28-21(26-12-27-28)29-10-17-16-5-4-14(9-18(16)32-7-6-19(17)33-29)13-2-1-3-15(8-13)20(30)31/h1-5,8-9,12H,6-7,10-11H2,(H,30,31). The second-order valence-corrected chi connectivity index (χ2v) is 8.67. The van der Waals surface area contributed by atoms with Gasteiger partial charge in [0.25, 0.3) is 0 Å². The molecule has 0 fully saturated rings. The lowest BCUT2D eigenvalue weighted by Gasteiger charge is -2.19. The molecule has 0 spiro atoms.